The summed E-state index contributed by atoms with van der Waals surface area (Å²) in [5.74, 6) is -3.53. The molecule has 0 bridgehead atoms. The number of ether oxygens (including phenoxy) is 1. The number of imide groups is 2. The van der Waals surface area contributed by atoms with Crippen molar-refractivity contribution in [3.05, 3.63) is 18.2 Å². The third-order valence-electron chi connectivity index (χ3n) is 3.82. The van der Waals surface area contributed by atoms with E-state index in [-0.39, 0.29) is 5.13 Å². The summed E-state index contributed by atoms with van der Waals surface area (Å²) in [5, 5.41) is 2.72. The van der Waals surface area contributed by atoms with Gasteiger partial charge in [0.15, 0.2) is 11.0 Å². The zero-order valence-corrected chi connectivity index (χ0v) is 14.4. The first-order valence-electron chi connectivity index (χ1n) is 7.18. The van der Waals surface area contributed by atoms with Crippen LogP contribution in [0.2, 0.25) is 0 Å². The monoisotopic (exact) mass is 362 g/mol. The van der Waals surface area contributed by atoms with Crippen LogP contribution in [0.1, 0.15) is 0 Å². The predicted octanol–water partition coefficient (Wildman–Crippen LogP) is 0.910. The number of barbiturate groups is 1. The first-order chi connectivity index (χ1) is 11.8. The summed E-state index contributed by atoms with van der Waals surface area (Å²) in [6.07, 6.45) is 0. The van der Waals surface area contributed by atoms with Crippen LogP contribution in [0.4, 0.5) is 9.93 Å². The standard InChI is InChI=1S/C15H14N4O5S/c1-18-12(21)10(13(22)19(2)15(18)23)11(20)17-14-16-8-5-4-7(24-3)6-9(8)25-14/h4-6,10H,1-3H3,(H,16,17,20). The van der Waals surface area contributed by atoms with Crippen molar-refractivity contribution in [3.63, 3.8) is 0 Å². The average molecular weight is 362 g/mol. The second-order valence-electron chi connectivity index (χ2n) is 5.35. The lowest BCUT2D eigenvalue weighted by atomic mass is 10.0. The number of amides is 5. The largest absolute Gasteiger partial charge is 0.497 e. The third kappa shape index (κ3) is 2.80. The maximum absolute atomic E-state index is 12.4. The number of anilines is 1. The fourth-order valence-corrected chi connectivity index (χ4v) is 3.29. The minimum absolute atomic E-state index is 0.246. The highest BCUT2D eigenvalue weighted by molar-refractivity contribution is 7.22. The fraction of sp³-hybridized carbons (Fsp3) is 0.267. The molecule has 1 saturated heterocycles. The van der Waals surface area contributed by atoms with Gasteiger partial charge in [-0.3, -0.25) is 24.2 Å². The van der Waals surface area contributed by atoms with Crippen molar-refractivity contribution in [1.29, 1.82) is 0 Å². The Balaban J connectivity index is 1.85. The van der Waals surface area contributed by atoms with E-state index in [9.17, 15) is 19.2 Å². The zero-order valence-electron chi connectivity index (χ0n) is 13.6. The van der Waals surface area contributed by atoms with Crippen LogP contribution in [0.25, 0.3) is 10.2 Å². The lowest BCUT2D eigenvalue weighted by Gasteiger charge is -2.31. The highest BCUT2D eigenvalue weighted by Gasteiger charge is 2.46. The van der Waals surface area contributed by atoms with E-state index in [4.69, 9.17) is 4.74 Å². The van der Waals surface area contributed by atoms with Gasteiger partial charge >= 0.3 is 6.03 Å². The average Bonchev–Trinajstić information content (AvgIpc) is 2.99. The van der Waals surface area contributed by atoms with Gasteiger partial charge in [0.25, 0.3) is 11.8 Å². The molecular weight excluding hydrogens is 348 g/mol. The third-order valence-corrected chi connectivity index (χ3v) is 4.75. The first kappa shape index (κ1) is 16.8. The molecule has 10 heteroatoms. The summed E-state index contributed by atoms with van der Waals surface area (Å²) in [7, 11) is 3.98. The molecule has 9 nitrogen and oxygen atoms in total. The maximum Gasteiger partial charge on any atom is 0.332 e. The molecule has 25 heavy (non-hydrogen) atoms. The van der Waals surface area contributed by atoms with E-state index in [0.717, 1.165) is 14.5 Å². The topological polar surface area (TPSA) is 109 Å². The number of hydrogen-bond donors (Lipinski definition) is 1. The van der Waals surface area contributed by atoms with Crippen molar-refractivity contribution in [2.24, 2.45) is 5.92 Å². The molecule has 2 aromatic rings. The van der Waals surface area contributed by atoms with Gasteiger partial charge in [-0.1, -0.05) is 11.3 Å². The van der Waals surface area contributed by atoms with Crippen LogP contribution in [-0.2, 0) is 14.4 Å². The Morgan fingerprint density at radius 1 is 1.20 bits per heavy atom. The second-order valence-corrected chi connectivity index (χ2v) is 6.38. The van der Waals surface area contributed by atoms with Crippen LogP contribution >= 0.6 is 11.3 Å². The van der Waals surface area contributed by atoms with Crippen molar-refractivity contribution in [1.82, 2.24) is 14.8 Å². The molecule has 1 fully saturated rings. The predicted molar refractivity (Wildman–Crippen MR) is 89.2 cm³/mol. The molecule has 0 unspecified atom stereocenters. The lowest BCUT2D eigenvalue weighted by Crippen LogP contribution is -2.59. The molecular formula is C15H14N4O5S. The van der Waals surface area contributed by atoms with Crippen LogP contribution in [0.5, 0.6) is 5.75 Å². The molecule has 1 aliphatic rings. The number of nitrogens with zero attached hydrogens (tertiary/aromatic N) is 3. The number of nitrogens with one attached hydrogen (secondary N) is 1. The number of methoxy groups -OCH3 is 1. The molecule has 0 aliphatic carbocycles. The van der Waals surface area contributed by atoms with Crippen LogP contribution in [0.3, 0.4) is 0 Å². The number of urea groups is 1. The van der Waals surface area contributed by atoms with Crippen LogP contribution in [0.15, 0.2) is 18.2 Å². The second kappa shape index (κ2) is 6.13. The molecule has 1 N–H and O–H groups in total. The maximum atomic E-state index is 12.4. The molecule has 5 amide bonds. The number of carbonyl (C=O) groups excluding carboxylic acids is 4. The highest BCUT2D eigenvalue weighted by atomic mass is 32.1. The van der Waals surface area contributed by atoms with Crippen molar-refractivity contribution in [2.75, 3.05) is 26.5 Å². The SMILES string of the molecule is COc1ccc2nc(NC(=O)C3C(=O)N(C)C(=O)N(C)C3=O)sc2c1. The number of hydrogen-bond acceptors (Lipinski definition) is 7. The van der Waals surface area contributed by atoms with Gasteiger partial charge in [0.05, 0.1) is 17.3 Å². The van der Waals surface area contributed by atoms with E-state index < -0.39 is 29.7 Å². The van der Waals surface area contributed by atoms with Gasteiger partial charge in [0.2, 0.25) is 5.91 Å². The van der Waals surface area contributed by atoms with E-state index >= 15 is 0 Å². The van der Waals surface area contributed by atoms with E-state index in [1.165, 1.54) is 25.4 Å². The number of benzene rings is 1. The molecule has 0 saturated carbocycles. The first-order valence-corrected chi connectivity index (χ1v) is 7.99. The van der Waals surface area contributed by atoms with Gasteiger partial charge in [-0.25, -0.2) is 9.78 Å². The Kier molecular flexibility index (Phi) is 4.13. The normalized spacial score (nSPS) is 15.9. The minimum Gasteiger partial charge on any atom is -0.497 e. The summed E-state index contributed by atoms with van der Waals surface area (Å²) in [4.78, 5) is 54.1. The zero-order chi connectivity index (χ0) is 18.3. The summed E-state index contributed by atoms with van der Waals surface area (Å²) >= 11 is 1.18. The van der Waals surface area contributed by atoms with Gasteiger partial charge in [0.1, 0.15) is 5.75 Å². The molecule has 1 aromatic heterocycles. The Bertz CT molecular complexity index is 884. The Morgan fingerprint density at radius 3 is 2.44 bits per heavy atom. The molecule has 3 rings (SSSR count). The van der Waals surface area contributed by atoms with Crippen LogP contribution < -0.4 is 10.1 Å². The molecule has 0 radical (unpaired) electrons. The van der Waals surface area contributed by atoms with E-state index in [2.05, 4.69) is 10.3 Å². The summed E-state index contributed by atoms with van der Waals surface area (Å²) in [5.41, 5.74) is 0.645. The quantitative estimate of drug-likeness (QED) is 0.813. The van der Waals surface area contributed by atoms with Crippen molar-refractivity contribution in [2.45, 2.75) is 0 Å². The van der Waals surface area contributed by atoms with Gasteiger partial charge in [-0.15, -0.1) is 0 Å². The smallest absolute Gasteiger partial charge is 0.332 e. The van der Waals surface area contributed by atoms with Crippen molar-refractivity contribution >= 4 is 50.4 Å². The summed E-state index contributed by atoms with van der Waals surface area (Å²) in [6.45, 7) is 0. The van der Waals surface area contributed by atoms with Gasteiger partial charge in [-0.2, -0.15) is 0 Å². The minimum atomic E-state index is -1.62. The Hall–Kier alpha value is -3.01. The molecule has 2 heterocycles. The number of carbonyl (C=O) groups is 4. The molecule has 0 spiro atoms. The molecule has 1 aromatic carbocycles. The molecule has 130 valence electrons. The van der Waals surface area contributed by atoms with E-state index in [1.807, 2.05) is 0 Å². The molecule has 0 atom stereocenters. The van der Waals surface area contributed by atoms with E-state index in [0.29, 0.717) is 11.3 Å². The van der Waals surface area contributed by atoms with E-state index in [1.54, 1.807) is 25.3 Å². The van der Waals surface area contributed by atoms with Crippen LogP contribution in [-0.4, -0.2) is 59.7 Å². The number of rotatable bonds is 3. The number of aromatic nitrogens is 1. The van der Waals surface area contributed by atoms with Gasteiger partial charge in [-0.05, 0) is 18.2 Å². The summed E-state index contributed by atoms with van der Waals surface area (Å²) < 4.78 is 5.91. The fourth-order valence-electron chi connectivity index (χ4n) is 2.39. The van der Waals surface area contributed by atoms with Crippen molar-refractivity contribution < 1.29 is 23.9 Å². The van der Waals surface area contributed by atoms with Crippen molar-refractivity contribution in [3.8, 4) is 5.75 Å². The number of fused-ring (bicyclic) bond motifs is 1. The lowest BCUT2D eigenvalue weighted by molar-refractivity contribution is -0.151. The highest BCUT2D eigenvalue weighted by Crippen LogP contribution is 2.29. The van der Waals surface area contributed by atoms with Gasteiger partial charge in [0, 0.05) is 14.1 Å². The summed E-state index contributed by atoms with van der Waals surface area (Å²) in [6, 6.07) is 4.46. The molecule has 1 aliphatic heterocycles. The van der Waals surface area contributed by atoms with Gasteiger partial charge < -0.3 is 10.1 Å². The van der Waals surface area contributed by atoms with Crippen LogP contribution in [0, 0.1) is 5.92 Å². The number of thiazole rings is 1. The Morgan fingerprint density at radius 2 is 1.84 bits per heavy atom. The Labute approximate surface area is 146 Å².